The van der Waals surface area contributed by atoms with Crippen molar-refractivity contribution in [1.29, 1.82) is 0 Å². The fourth-order valence-electron chi connectivity index (χ4n) is 11.1. The van der Waals surface area contributed by atoms with Gasteiger partial charge in [-0.15, -0.1) is 0 Å². The van der Waals surface area contributed by atoms with Gasteiger partial charge >= 0.3 is 0 Å². The number of aromatic nitrogens is 1. The topological polar surface area (TPSA) is 7.94 Å². The van der Waals surface area contributed by atoms with Gasteiger partial charge in [0, 0.05) is 51.2 Å². The lowest BCUT2D eigenvalue weighted by molar-refractivity contribution is 0.821. The molecule has 274 valence electrons. The summed E-state index contributed by atoms with van der Waals surface area (Å²) in [4.78, 5) is 0. The van der Waals surface area contributed by atoms with E-state index in [1.807, 2.05) is 0 Å². The molecule has 1 unspecified atom stereocenters. The number of benzene rings is 9. The molecule has 0 amide bonds. The van der Waals surface area contributed by atoms with Crippen molar-refractivity contribution in [1.82, 2.24) is 9.14 Å². The lowest BCUT2D eigenvalue weighted by Gasteiger charge is -2.38. The largest absolute Gasteiger partial charge is 0.308 e. The minimum absolute atomic E-state index is 0.687. The van der Waals surface area contributed by atoms with E-state index in [-0.39, 0.29) is 0 Å². The van der Waals surface area contributed by atoms with E-state index in [1.165, 1.54) is 111 Å². The van der Waals surface area contributed by atoms with Crippen LogP contribution in [0.1, 0.15) is 34.7 Å². The van der Waals surface area contributed by atoms with Crippen molar-refractivity contribution in [3.63, 3.8) is 0 Å². The van der Waals surface area contributed by atoms with Crippen LogP contribution in [-0.4, -0.2) is 10.8 Å². The smallest absolute Gasteiger partial charge is 0.216 e. The van der Waals surface area contributed by atoms with Gasteiger partial charge in [-0.1, -0.05) is 158 Å². The Kier molecular flexibility index (Phi) is 6.61. The van der Waals surface area contributed by atoms with Crippen molar-refractivity contribution in [2.24, 2.45) is 0 Å². The molecule has 2 heteroatoms. The van der Waals surface area contributed by atoms with Crippen LogP contribution in [0, 0.1) is 0 Å². The molecule has 0 saturated carbocycles. The van der Waals surface area contributed by atoms with Gasteiger partial charge in [-0.2, -0.15) is 4.58 Å². The summed E-state index contributed by atoms with van der Waals surface area (Å²) < 4.78 is 5.06. The number of hydrogen-bond donors (Lipinski definition) is 0. The van der Waals surface area contributed by atoms with Crippen molar-refractivity contribution in [2.45, 2.75) is 12.3 Å². The van der Waals surface area contributed by atoms with Crippen LogP contribution in [0.4, 0.5) is 11.4 Å². The SMILES string of the molecule is C/C=C1\c2ccccc2C=[N+](c2cccc(-c3ccccc3)c2)c2ccc3c4c2C1(c1cccc2ccccc12)c1ccc2c5ccccc5n(c2c1-4)-c1ccccc1-3. The van der Waals surface area contributed by atoms with Gasteiger partial charge in [-0.05, 0) is 80.9 Å². The van der Waals surface area contributed by atoms with E-state index in [9.17, 15) is 0 Å². The molecule has 13 rings (SSSR count). The molecule has 1 aliphatic carbocycles. The molecule has 1 aromatic heterocycles. The monoisotopic (exact) mass is 749 g/mol. The van der Waals surface area contributed by atoms with Crippen molar-refractivity contribution >= 4 is 55.7 Å². The molecule has 2 nitrogen and oxygen atoms in total. The summed E-state index contributed by atoms with van der Waals surface area (Å²) in [7, 11) is 0. The molecule has 59 heavy (non-hydrogen) atoms. The highest BCUT2D eigenvalue weighted by atomic mass is 15.0. The maximum atomic E-state index is 2.57. The first kappa shape index (κ1) is 32.5. The second-order valence-corrected chi connectivity index (χ2v) is 16.1. The van der Waals surface area contributed by atoms with Gasteiger partial charge in [0.25, 0.3) is 0 Å². The summed E-state index contributed by atoms with van der Waals surface area (Å²) in [6, 6.07) is 72.5. The molecular weight excluding hydrogens is 713 g/mol. The summed E-state index contributed by atoms with van der Waals surface area (Å²) in [6.45, 7) is 2.25. The van der Waals surface area contributed by atoms with Crippen LogP contribution in [-0.2, 0) is 5.41 Å². The summed E-state index contributed by atoms with van der Waals surface area (Å²) in [6.07, 6.45) is 4.79. The van der Waals surface area contributed by atoms with Gasteiger partial charge in [0.2, 0.25) is 11.4 Å². The van der Waals surface area contributed by atoms with E-state index >= 15 is 0 Å². The summed E-state index contributed by atoms with van der Waals surface area (Å²) in [5.41, 5.74) is 20.6. The normalized spacial score (nSPS) is 16.4. The lowest BCUT2D eigenvalue weighted by atomic mass is 9.63. The van der Waals surface area contributed by atoms with E-state index in [1.54, 1.807) is 0 Å². The Hall–Kier alpha value is -7.55. The van der Waals surface area contributed by atoms with Crippen molar-refractivity contribution in [3.05, 3.63) is 228 Å². The van der Waals surface area contributed by atoms with Crippen LogP contribution in [0.15, 0.2) is 200 Å². The number of rotatable bonds is 3. The molecule has 2 aliphatic heterocycles. The molecule has 10 aromatic rings. The minimum atomic E-state index is -0.687. The number of allylic oxidation sites excluding steroid dienone is 2. The maximum Gasteiger partial charge on any atom is 0.216 e. The van der Waals surface area contributed by atoms with Crippen LogP contribution in [0.5, 0.6) is 0 Å². The van der Waals surface area contributed by atoms with Crippen LogP contribution in [0.2, 0.25) is 0 Å². The highest BCUT2D eigenvalue weighted by Crippen LogP contribution is 2.67. The van der Waals surface area contributed by atoms with Crippen LogP contribution in [0.3, 0.4) is 0 Å². The second kappa shape index (κ2) is 12.0. The first-order valence-electron chi connectivity index (χ1n) is 20.6. The summed E-state index contributed by atoms with van der Waals surface area (Å²) in [5.74, 6) is 0. The van der Waals surface area contributed by atoms with E-state index in [2.05, 4.69) is 222 Å². The molecule has 0 spiro atoms. The van der Waals surface area contributed by atoms with Gasteiger partial charge in [-0.25, -0.2) is 0 Å². The molecule has 9 aromatic carbocycles. The fourth-order valence-corrected chi connectivity index (χ4v) is 11.1. The highest BCUT2D eigenvalue weighted by molar-refractivity contribution is 6.21. The number of fused-ring (bicyclic) bond motifs is 9. The third kappa shape index (κ3) is 4.17. The van der Waals surface area contributed by atoms with Gasteiger partial charge in [0.1, 0.15) is 0 Å². The lowest BCUT2D eigenvalue weighted by Crippen LogP contribution is -2.32. The zero-order valence-electron chi connectivity index (χ0n) is 32.5. The zero-order chi connectivity index (χ0) is 38.8. The summed E-state index contributed by atoms with van der Waals surface area (Å²) >= 11 is 0. The second-order valence-electron chi connectivity index (χ2n) is 16.1. The molecule has 3 heterocycles. The van der Waals surface area contributed by atoms with Crippen LogP contribution >= 0.6 is 0 Å². The van der Waals surface area contributed by atoms with Crippen molar-refractivity contribution < 1.29 is 0 Å². The predicted molar refractivity (Wildman–Crippen MR) is 248 cm³/mol. The standard InChI is InChI=1S/C57H37N2/c1-2-47-42-24-9-7-19-39(42)35-58(40-22-14-21-38(34-40)36-16-4-3-5-17-36)52-33-31-45-43-25-10-12-28-50(43)59-51-29-13-11-26-44(51)46-30-32-49-54(56(46)59)53(45)55(52)57(47,49)48-27-15-20-37-18-6-8-23-41(37)48/h2-35H,1H3/q+1/b47-2+,58-35?. The third-order valence-electron chi connectivity index (χ3n) is 13.4. The first-order chi connectivity index (χ1) is 29.3. The molecule has 0 radical (unpaired) electrons. The molecule has 0 fully saturated rings. The van der Waals surface area contributed by atoms with Gasteiger partial charge in [-0.3, -0.25) is 0 Å². The number of hydrogen-bond acceptors (Lipinski definition) is 0. The van der Waals surface area contributed by atoms with E-state index < -0.39 is 5.41 Å². The quantitative estimate of drug-likeness (QED) is 0.159. The van der Waals surface area contributed by atoms with E-state index in [0.717, 1.165) is 5.69 Å². The molecule has 3 aliphatic rings. The Morgan fingerprint density at radius 1 is 0.508 bits per heavy atom. The Balaban J connectivity index is 1.29. The average Bonchev–Trinajstić information content (AvgIpc) is 3.75. The molecule has 0 N–H and O–H groups in total. The minimum Gasteiger partial charge on any atom is -0.308 e. The highest BCUT2D eigenvalue weighted by Gasteiger charge is 2.55. The third-order valence-corrected chi connectivity index (χ3v) is 13.4. The number of nitrogens with zero attached hydrogens (tertiary/aromatic N) is 2. The molecule has 0 bridgehead atoms. The Labute approximate surface area is 342 Å². The average molecular weight is 750 g/mol. The van der Waals surface area contributed by atoms with Gasteiger partial charge in [0.05, 0.1) is 27.7 Å². The summed E-state index contributed by atoms with van der Waals surface area (Å²) in [5, 5.41) is 5.06. The van der Waals surface area contributed by atoms with Crippen molar-refractivity contribution in [3.8, 4) is 39.1 Å². The maximum absolute atomic E-state index is 2.57. The van der Waals surface area contributed by atoms with E-state index in [0.29, 0.717) is 0 Å². The van der Waals surface area contributed by atoms with E-state index in [4.69, 9.17) is 0 Å². The molecule has 1 atom stereocenters. The zero-order valence-corrected chi connectivity index (χ0v) is 32.5. The molecular formula is C57H37N2+. The first-order valence-corrected chi connectivity index (χ1v) is 20.6. The van der Waals surface area contributed by atoms with Gasteiger partial charge in [0.15, 0.2) is 6.21 Å². The predicted octanol–water partition coefficient (Wildman–Crippen LogP) is 14.3. The fraction of sp³-hybridized carbons (Fsp3) is 0.0351. The van der Waals surface area contributed by atoms with Crippen LogP contribution in [0.25, 0.3) is 77.2 Å². The van der Waals surface area contributed by atoms with Crippen molar-refractivity contribution in [2.75, 3.05) is 0 Å². The Morgan fingerprint density at radius 3 is 2.14 bits per heavy atom. The Bertz CT molecular complexity index is 3500. The van der Waals surface area contributed by atoms with Crippen LogP contribution < -0.4 is 4.58 Å². The molecule has 0 saturated heterocycles. The Morgan fingerprint density at radius 2 is 1.24 bits per heavy atom. The van der Waals surface area contributed by atoms with Gasteiger partial charge < -0.3 is 4.57 Å². The number of para-hydroxylation sites is 2.